The van der Waals surface area contributed by atoms with Gasteiger partial charge < -0.3 is 4.57 Å². The van der Waals surface area contributed by atoms with E-state index < -0.39 is 0 Å². The highest BCUT2D eigenvalue weighted by Crippen LogP contribution is 2.08. The first-order valence-corrected chi connectivity index (χ1v) is 3.39. The van der Waals surface area contributed by atoms with Gasteiger partial charge in [-0.05, 0) is 0 Å². The fraction of sp³-hybridized carbons (Fsp3) is 0.400. The third-order valence-corrected chi connectivity index (χ3v) is 1.48. The van der Waals surface area contributed by atoms with Gasteiger partial charge in [-0.2, -0.15) is 0 Å². The molecule has 0 bridgehead atoms. The van der Waals surface area contributed by atoms with Crippen LogP contribution in [-0.4, -0.2) is 9.55 Å². The molecule has 0 aliphatic heterocycles. The summed E-state index contributed by atoms with van der Waals surface area (Å²) in [4.78, 5) is 3.93. The average Bonchev–Trinajstić information content (AvgIpc) is 2.10. The van der Waals surface area contributed by atoms with E-state index in [-0.39, 0.29) is 0 Å². The minimum absolute atomic E-state index is 0.406. The van der Waals surface area contributed by atoms with E-state index >= 15 is 0 Å². The second-order valence-electron chi connectivity index (χ2n) is 1.72. The zero-order valence-electron chi connectivity index (χ0n) is 4.93. The van der Waals surface area contributed by atoms with Crippen LogP contribution in [0.5, 0.6) is 0 Å². The van der Waals surface area contributed by atoms with Crippen molar-refractivity contribution < 1.29 is 0 Å². The standard InChI is InChI=1S/C5H6Cl2N2/c1-9-3-4(7)8-5(9)2-6/h3H,2H2,1H3. The van der Waals surface area contributed by atoms with Crippen LogP contribution in [0.15, 0.2) is 6.20 Å². The van der Waals surface area contributed by atoms with E-state index in [1.165, 1.54) is 0 Å². The summed E-state index contributed by atoms with van der Waals surface area (Å²) in [7, 11) is 1.86. The molecule has 1 rings (SSSR count). The molecule has 50 valence electrons. The van der Waals surface area contributed by atoms with Gasteiger partial charge in [0.05, 0.1) is 5.88 Å². The van der Waals surface area contributed by atoms with E-state index in [9.17, 15) is 0 Å². The summed E-state index contributed by atoms with van der Waals surface area (Å²) in [5, 5.41) is 0.494. The second-order valence-corrected chi connectivity index (χ2v) is 2.38. The maximum atomic E-state index is 5.55. The van der Waals surface area contributed by atoms with Crippen LogP contribution >= 0.6 is 23.2 Å². The van der Waals surface area contributed by atoms with Crippen molar-refractivity contribution in [3.8, 4) is 0 Å². The Balaban J connectivity index is 3.01. The first kappa shape index (κ1) is 6.90. The quantitative estimate of drug-likeness (QED) is 0.580. The Morgan fingerprint density at radius 1 is 1.78 bits per heavy atom. The maximum absolute atomic E-state index is 5.55. The summed E-state index contributed by atoms with van der Waals surface area (Å²) in [6.45, 7) is 0. The van der Waals surface area contributed by atoms with Gasteiger partial charge in [0.1, 0.15) is 11.0 Å². The summed E-state index contributed by atoms with van der Waals surface area (Å²) in [5.41, 5.74) is 0. The molecule has 0 fully saturated rings. The van der Waals surface area contributed by atoms with E-state index in [1.807, 2.05) is 7.05 Å². The van der Waals surface area contributed by atoms with Crippen molar-refractivity contribution in [1.82, 2.24) is 9.55 Å². The van der Waals surface area contributed by atoms with Crippen LogP contribution in [-0.2, 0) is 12.9 Å². The van der Waals surface area contributed by atoms with Crippen LogP contribution in [0.25, 0.3) is 0 Å². The predicted octanol–water partition coefficient (Wildman–Crippen LogP) is 1.81. The Hall–Kier alpha value is -0.210. The lowest BCUT2D eigenvalue weighted by Crippen LogP contribution is -1.91. The van der Waals surface area contributed by atoms with Crippen LogP contribution in [0.1, 0.15) is 5.82 Å². The number of hydrogen-bond donors (Lipinski definition) is 0. The molecule has 0 aromatic carbocycles. The number of aryl methyl sites for hydroxylation is 1. The van der Waals surface area contributed by atoms with Gasteiger partial charge in [0.2, 0.25) is 0 Å². The Morgan fingerprint density at radius 2 is 2.44 bits per heavy atom. The van der Waals surface area contributed by atoms with Crippen LogP contribution in [0.4, 0.5) is 0 Å². The summed E-state index contributed by atoms with van der Waals surface area (Å²) in [6, 6.07) is 0. The molecule has 0 atom stereocenters. The molecule has 2 nitrogen and oxygen atoms in total. The second kappa shape index (κ2) is 2.58. The average molecular weight is 165 g/mol. The normalized spacial score (nSPS) is 10.1. The van der Waals surface area contributed by atoms with E-state index in [2.05, 4.69) is 4.98 Å². The third-order valence-electron chi connectivity index (χ3n) is 1.06. The SMILES string of the molecule is Cn1cc(Cl)nc1CCl. The lowest BCUT2D eigenvalue weighted by atomic mass is 10.7. The topological polar surface area (TPSA) is 17.8 Å². The third kappa shape index (κ3) is 1.37. The van der Waals surface area contributed by atoms with Crippen molar-refractivity contribution in [3.63, 3.8) is 0 Å². The molecule has 0 saturated heterocycles. The molecule has 0 amide bonds. The van der Waals surface area contributed by atoms with Gasteiger partial charge in [-0.25, -0.2) is 4.98 Å². The Kier molecular flexibility index (Phi) is 1.98. The molecule has 0 aliphatic rings. The van der Waals surface area contributed by atoms with Crippen molar-refractivity contribution in [3.05, 3.63) is 17.2 Å². The molecule has 0 spiro atoms. The molecule has 1 heterocycles. The molecule has 0 N–H and O–H groups in total. The summed E-state index contributed by atoms with van der Waals surface area (Å²) in [6.07, 6.45) is 1.72. The van der Waals surface area contributed by atoms with Gasteiger partial charge in [0.25, 0.3) is 0 Å². The maximum Gasteiger partial charge on any atom is 0.147 e. The molecular weight excluding hydrogens is 159 g/mol. The molecular formula is C5H6Cl2N2. The zero-order valence-corrected chi connectivity index (χ0v) is 6.45. The summed E-state index contributed by atoms with van der Waals surface area (Å²) in [5.74, 6) is 1.20. The molecule has 0 aliphatic carbocycles. The number of halogens is 2. The van der Waals surface area contributed by atoms with Gasteiger partial charge >= 0.3 is 0 Å². The largest absolute Gasteiger partial charge is 0.335 e. The summed E-state index contributed by atoms with van der Waals surface area (Å²) < 4.78 is 1.80. The van der Waals surface area contributed by atoms with E-state index in [0.29, 0.717) is 11.0 Å². The number of rotatable bonds is 1. The smallest absolute Gasteiger partial charge is 0.147 e. The lowest BCUT2D eigenvalue weighted by molar-refractivity contribution is 0.847. The molecule has 0 radical (unpaired) electrons. The minimum atomic E-state index is 0.406. The highest BCUT2D eigenvalue weighted by molar-refractivity contribution is 6.29. The first-order valence-electron chi connectivity index (χ1n) is 2.47. The zero-order chi connectivity index (χ0) is 6.85. The van der Waals surface area contributed by atoms with Crippen molar-refractivity contribution in [2.75, 3.05) is 0 Å². The Bertz CT molecular complexity index is 207. The molecule has 0 saturated carbocycles. The predicted molar refractivity (Wildman–Crippen MR) is 37.8 cm³/mol. The van der Waals surface area contributed by atoms with E-state index in [4.69, 9.17) is 23.2 Å². The van der Waals surface area contributed by atoms with Crippen LogP contribution in [0.3, 0.4) is 0 Å². The highest BCUT2D eigenvalue weighted by Gasteiger charge is 1.99. The van der Waals surface area contributed by atoms with Gasteiger partial charge in [-0.15, -0.1) is 11.6 Å². The molecule has 4 heteroatoms. The number of hydrogen-bond acceptors (Lipinski definition) is 1. The van der Waals surface area contributed by atoms with Crippen molar-refractivity contribution in [1.29, 1.82) is 0 Å². The van der Waals surface area contributed by atoms with Crippen molar-refractivity contribution >= 4 is 23.2 Å². The monoisotopic (exact) mass is 164 g/mol. The number of aromatic nitrogens is 2. The summed E-state index contributed by atoms with van der Waals surface area (Å²) >= 11 is 11.1. The van der Waals surface area contributed by atoms with Crippen LogP contribution < -0.4 is 0 Å². The molecule has 0 unspecified atom stereocenters. The van der Waals surface area contributed by atoms with Gasteiger partial charge in [0, 0.05) is 13.2 Å². The van der Waals surface area contributed by atoms with Gasteiger partial charge in [-0.1, -0.05) is 11.6 Å². The number of nitrogens with zero attached hydrogens (tertiary/aromatic N) is 2. The van der Waals surface area contributed by atoms with Gasteiger partial charge in [0.15, 0.2) is 0 Å². The van der Waals surface area contributed by atoms with Crippen molar-refractivity contribution in [2.45, 2.75) is 5.88 Å². The van der Waals surface area contributed by atoms with Crippen LogP contribution in [0.2, 0.25) is 5.15 Å². The van der Waals surface area contributed by atoms with Crippen molar-refractivity contribution in [2.24, 2.45) is 7.05 Å². The number of imidazole rings is 1. The molecule has 9 heavy (non-hydrogen) atoms. The fourth-order valence-electron chi connectivity index (χ4n) is 0.589. The Morgan fingerprint density at radius 3 is 2.67 bits per heavy atom. The fourth-order valence-corrected chi connectivity index (χ4v) is 1.08. The van der Waals surface area contributed by atoms with E-state index in [1.54, 1.807) is 10.8 Å². The molecule has 1 aromatic rings. The molecule has 1 aromatic heterocycles. The van der Waals surface area contributed by atoms with E-state index in [0.717, 1.165) is 5.82 Å². The van der Waals surface area contributed by atoms with Gasteiger partial charge in [-0.3, -0.25) is 0 Å². The number of alkyl halides is 1. The highest BCUT2D eigenvalue weighted by atomic mass is 35.5. The van der Waals surface area contributed by atoms with Crippen LogP contribution in [0, 0.1) is 0 Å². The first-order chi connectivity index (χ1) is 4.24. The lowest BCUT2D eigenvalue weighted by Gasteiger charge is -1.91. The Labute approximate surface area is 63.4 Å². The minimum Gasteiger partial charge on any atom is -0.335 e.